The maximum atomic E-state index is 12.7. The third kappa shape index (κ3) is 5.46. The highest BCUT2D eigenvalue weighted by molar-refractivity contribution is 6.01. The molecule has 3 rings (SSSR count). The van der Waals surface area contributed by atoms with E-state index in [9.17, 15) is 14.4 Å². The molecule has 1 aliphatic heterocycles. The Balaban J connectivity index is 1.91. The first-order chi connectivity index (χ1) is 14.7. The van der Waals surface area contributed by atoms with Gasteiger partial charge in [-0.05, 0) is 64.2 Å². The van der Waals surface area contributed by atoms with Gasteiger partial charge in [0, 0.05) is 18.4 Å². The van der Waals surface area contributed by atoms with E-state index in [1.165, 1.54) is 6.08 Å². The fourth-order valence-electron chi connectivity index (χ4n) is 4.11. The van der Waals surface area contributed by atoms with Crippen LogP contribution in [0.5, 0.6) is 11.5 Å². The van der Waals surface area contributed by atoms with Gasteiger partial charge in [0.15, 0.2) is 11.5 Å². The van der Waals surface area contributed by atoms with Crippen LogP contribution in [0.3, 0.4) is 0 Å². The molecule has 1 saturated carbocycles. The van der Waals surface area contributed by atoms with Crippen molar-refractivity contribution in [1.82, 2.24) is 4.90 Å². The molecule has 1 heterocycles. The van der Waals surface area contributed by atoms with Crippen molar-refractivity contribution in [3.05, 3.63) is 35.9 Å². The number of carbonyl (C=O) groups is 3. The van der Waals surface area contributed by atoms with Crippen molar-refractivity contribution < 1.29 is 28.6 Å². The van der Waals surface area contributed by atoms with Crippen LogP contribution in [0.25, 0.3) is 0 Å². The summed E-state index contributed by atoms with van der Waals surface area (Å²) in [6.07, 6.45) is 7.63. The standard InChI is InChI=1S/C24H31NO6/c1-24(2,3)31-23(28)25-19(10-12-22(25)27)18(13-14-26)16-9-11-20(29-4)21(15-16)30-17-7-5-6-8-17/h9-12,14-15,17-19H,5-8,13H2,1-4H3/t18-,19-/m1/s1. The molecule has 2 aliphatic rings. The van der Waals surface area contributed by atoms with Crippen LogP contribution >= 0.6 is 0 Å². The molecule has 0 unspecified atom stereocenters. The Morgan fingerprint density at radius 3 is 2.55 bits per heavy atom. The molecule has 1 aromatic rings. The molecule has 2 amide bonds. The number of ether oxygens (including phenoxy) is 3. The maximum Gasteiger partial charge on any atom is 0.417 e. The number of rotatable bonds is 7. The highest BCUT2D eigenvalue weighted by Crippen LogP contribution is 2.38. The third-order valence-corrected chi connectivity index (χ3v) is 5.54. The number of imide groups is 1. The second-order valence-corrected chi connectivity index (χ2v) is 8.98. The van der Waals surface area contributed by atoms with E-state index in [1.807, 2.05) is 12.1 Å². The van der Waals surface area contributed by atoms with Gasteiger partial charge >= 0.3 is 6.09 Å². The van der Waals surface area contributed by atoms with E-state index in [4.69, 9.17) is 14.2 Å². The molecule has 31 heavy (non-hydrogen) atoms. The van der Waals surface area contributed by atoms with Crippen LogP contribution in [0.4, 0.5) is 4.79 Å². The zero-order valence-electron chi connectivity index (χ0n) is 18.6. The fourth-order valence-corrected chi connectivity index (χ4v) is 4.11. The van der Waals surface area contributed by atoms with Gasteiger partial charge in [0.25, 0.3) is 5.91 Å². The van der Waals surface area contributed by atoms with E-state index in [1.54, 1.807) is 40.0 Å². The van der Waals surface area contributed by atoms with Crippen molar-refractivity contribution in [1.29, 1.82) is 0 Å². The molecule has 1 aliphatic carbocycles. The van der Waals surface area contributed by atoms with E-state index in [0.717, 1.165) is 42.4 Å². The van der Waals surface area contributed by atoms with Gasteiger partial charge in [-0.3, -0.25) is 4.79 Å². The Labute approximate surface area is 183 Å². The van der Waals surface area contributed by atoms with Crippen molar-refractivity contribution >= 4 is 18.3 Å². The Morgan fingerprint density at radius 1 is 1.23 bits per heavy atom. The summed E-state index contributed by atoms with van der Waals surface area (Å²) in [6, 6.07) is 4.88. The van der Waals surface area contributed by atoms with Gasteiger partial charge in [0.2, 0.25) is 0 Å². The summed E-state index contributed by atoms with van der Waals surface area (Å²) in [6.45, 7) is 5.23. The first-order valence-corrected chi connectivity index (χ1v) is 10.8. The second kappa shape index (κ2) is 9.54. The van der Waals surface area contributed by atoms with Gasteiger partial charge in [0.1, 0.15) is 11.9 Å². The van der Waals surface area contributed by atoms with Crippen molar-refractivity contribution in [2.75, 3.05) is 7.11 Å². The van der Waals surface area contributed by atoms with Gasteiger partial charge < -0.3 is 19.0 Å². The zero-order chi connectivity index (χ0) is 22.6. The Kier molecular flexibility index (Phi) is 7.03. The second-order valence-electron chi connectivity index (χ2n) is 8.98. The first-order valence-electron chi connectivity index (χ1n) is 10.8. The molecule has 168 valence electrons. The molecule has 7 heteroatoms. The highest BCUT2D eigenvalue weighted by Gasteiger charge is 2.40. The topological polar surface area (TPSA) is 82.1 Å². The van der Waals surface area contributed by atoms with Gasteiger partial charge in [-0.25, -0.2) is 9.69 Å². The van der Waals surface area contributed by atoms with Gasteiger partial charge in [-0.2, -0.15) is 0 Å². The molecule has 0 N–H and O–H groups in total. The molecule has 0 spiro atoms. The highest BCUT2D eigenvalue weighted by atomic mass is 16.6. The van der Waals surface area contributed by atoms with E-state index < -0.39 is 29.6 Å². The Bertz CT molecular complexity index is 850. The maximum absolute atomic E-state index is 12.7. The monoisotopic (exact) mass is 429 g/mol. The molecular weight excluding hydrogens is 398 g/mol. The summed E-state index contributed by atoms with van der Waals surface area (Å²) >= 11 is 0. The Hall–Kier alpha value is -2.83. The lowest BCUT2D eigenvalue weighted by Crippen LogP contribution is -2.45. The molecule has 0 saturated heterocycles. The van der Waals surface area contributed by atoms with Crippen LogP contribution in [-0.4, -0.2) is 48.0 Å². The van der Waals surface area contributed by atoms with E-state index in [0.29, 0.717) is 11.5 Å². The van der Waals surface area contributed by atoms with Gasteiger partial charge in [-0.1, -0.05) is 12.1 Å². The van der Waals surface area contributed by atoms with Crippen LogP contribution in [0.1, 0.15) is 64.4 Å². The SMILES string of the molecule is COc1ccc([C@@H](CC=O)[C@H]2C=CC(=O)N2C(=O)OC(C)(C)C)cc1OC1CCCC1. The lowest BCUT2D eigenvalue weighted by molar-refractivity contribution is -0.126. The molecular formula is C24H31NO6. The minimum absolute atomic E-state index is 0.136. The number of methoxy groups -OCH3 is 1. The molecule has 0 aromatic heterocycles. The van der Waals surface area contributed by atoms with Crippen molar-refractivity contribution in [2.45, 2.75) is 76.5 Å². The number of aldehydes is 1. The molecule has 1 aromatic carbocycles. The van der Waals surface area contributed by atoms with E-state index in [-0.39, 0.29) is 12.5 Å². The van der Waals surface area contributed by atoms with E-state index >= 15 is 0 Å². The van der Waals surface area contributed by atoms with Crippen LogP contribution in [0.15, 0.2) is 30.4 Å². The fraction of sp³-hybridized carbons (Fsp3) is 0.542. The number of hydrogen-bond donors (Lipinski definition) is 0. The van der Waals surface area contributed by atoms with Crippen molar-refractivity contribution in [3.8, 4) is 11.5 Å². The first kappa shape index (κ1) is 22.8. The molecule has 2 atom stereocenters. The van der Waals surface area contributed by atoms with Crippen molar-refractivity contribution in [2.24, 2.45) is 0 Å². The number of benzene rings is 1. The third-order valence-electron chi connectivity index (χ3n) is 5.54. The summed E-state index contributed by atoms with van der Waals surface area (Å²) in [5.41, 5.74) is 0.0476. The molecule has 7 nitrogen and oxygen atoms in total. The summed E-state index contributed by atoms with van der Waals surface area (Å²) in [7, 11) is 1.59. The lowest BCUT2D eigenvalue weighted by atomic mass is 9.88. The molecule has 0 bridgehead atoms. The van der Waals surface area contributed by atoms with Crippen LogP contribution < -0.4 is 9.47 Å². The summed E-state index contributed by atoms with van der Waals surface area (Å²) < 4.78 is 17.1. The smallest absolute Gasteiger partial charge is 0.417 e. The largest absolute Gasteiger partial charge is 0.493 e. The predicted molar refractivity (Wildman–Crippen MR) is 115 cm³/mol. The average molecular weight is 430 g/mol. The minimum atomic E-state index is -0.743. The lowest BCUT2D eigenvalue weighted by Gasteiger charge is -2.31. The summed E-state index contributed by atoms with van der Waals surface area (Å²) in [5, 5.41) is 0. The predicted octanol–water partition coefficient (Wildman–Crippen LogP) is 4.39. The average Bonchev–Trinajstić information content (AvgIpc) is 3.34. The summed E-state index contributed by atoms with van der Waals surface area (Å²) in [5.74, 6) is 0.345. The molecule has 0 radical (unpaired) electrons. The van der Waals surface area contributed by atoms with Crippen molar-refractivity contribution in [3.63, 3.8) is 0 Å². The number of amides is 2. The summed E-state index contributed by atoms with van der Waals surface area (Å²) in [4.78, 5) is 37.8. The van der Waals surface area contributed by atoms with Crippen LogP contribution in [0.2, 0.25) is 0 Å². The number of nitrogens with zero attached hydrogens (tertiary/aromatic N) is 1. The van der Waals surface area contributed by atoms with Crippen LogP contribution in [-0.2, 0) is 14.3 Å². The van der Waals surface area contributed by atoms with Gasteiger partial charge in [-0.15, -0.1) is 0 Å². The zero-order valence-corrected chi connectivity index (χ0v) is 18.6. The molecule has 1 fully saturated rings. The normalized spacial score (nSPS) is 20.1. The Morgan fingerprint density at radius 2 is 1.94 bits per heavy atom. The number of hydrogen-bond acceptors (Lipinski definition) is 6. The van der Waals surface area contributed by atoms with E-state index in [2.05, 4.69) is 0 Å². The minimum Gasteiger partial charge on any atom is -0.493 e. The number of carbonyl (C=O) groups excluding carboxylic acids is 3. The van der Waals surface area contributed by atoms with Gasteiger partial charge in [0.05, 0.1) is 19.3 Å². The van der Waals surface area contributed by atoms with Crippen LogP contribution in [0, 0.1) is 0 Å². The quantitative estimate of drug-likeness (QED) is 0.598.